The van der Waals surface area contributed by atoms with Crippen molar-refractivity contribution in [1.82, 2.24) is 19.1 Å². The number of aromatic amines is 1. The summed E-state index contributed by atoms with van der Waals surface area (Å²) in [6.45, 7) is -0.0965. The molecule has 0 radical (unpaired) electrons. The van der Waals surface area contributed by atoms with Gasteiger partial charge in [0, 0.05) is 24.4 Å². The van der Waals surface area contributed by atoms with E-state index in [4.69, 9.17) is 34.0 Å². The fourth-order valence-electron chi connectivity index (χ4n) is 4.19. The van der Waals surface area contributed by atoms with Crippen LogP contribution in [0.25, 0.3) is 0 Å². The highest BCUT2D eigenvalue weighted by atomic mass is 32.2. The highest BCUT2D eigenvalue weighted by Crippen LogP contribution is 2.49. The zero-order chi connectivity index (χ0) is 30.3. The van der Waals surface area contributed by atoms with Gasteiger partial charge in [0.15, 0.2) is 6.23 Å². The fraction of sp³-hybridized carbons (Fsp3) is 0.579. The van der Waals surface area contributed by atoms with Crippen LogP contribution in [0.3, 0.4) is 0 Å². The number of aliphatic hydroxyl groups excluding tert-OH is 1. The Morgan fingerprint density at radius 2 is 1.83 bits per heavy atom. The predicted octanol–water partition coefficient (Wildman–Crippen LogP) is -1.86. The van der Waals surface area contributed by atoms with E-state index in [1.165, 1.54) is 25.4 Å². The van der Waals surface area contributed by atoms with Gasteiger partial charge in [0.2, 0.25) is 0 Å². The molecule has 4 rings (SSSR count). The van der Waals surface area contributed by atoms with Gasteiger partial charge in [-0.15, -0.1) is 0 Å². The number of aromatic nitrogens is 4. The predicted molar refractivity (Wildman–Crippen MR) is 139 cm³/mol. The van der Waals surface area contributed by atoms with Crippen LogP contribution in [0.5, 0.6) is 0 Å². The topological polar surface area (TPSA) is 277 Å². The summed E-state index contributed by atoms with van der Waals surface area (Å²) >= 11 is 4.25. The van der Waals surface area contributed by atoms with Gasteiger partial charge in [-0.3, -0.25) is 32.5 Å². The minimum Gasteiger partial charge on any atom is -0.389 e. The third kappa shape index (κ3) is 7.61. The third-order valence-corrected chi connectivity index (χ3v) is 8.24. The highest BCUT2D eigenvalue weighted by molar-refractivity contribution is 7.81. The molecule has 2 saturated heterocycles. The lowest BCUT2D eigenvalue weighted by Crippen LogP contribution is -2.33. The smallest absolute Gasteiger partial charge is 0.389 e. The van der Waals surface area contributed by atoms with E-state index in [-0.39, 0.29) is 17.8 Å². The number of aliphatic hydroxyl groups is 1. The second-order valence-electron chi connectivity index (χ2n) is 9.13. The number of H-pyrrole nitrogens is 1. The van der Waals surface area contributed by atoms with E-state index in [1.807, 2.05) is 0 Å². The van der Waals surface area contributed by atoms with Crippen LogP contribution in [-0.2, 0) is 32.2 Å². The summed E-state index contributed by atoms with van der Waals surface area (Å²) in [5.41, 5.74) is 3.32. The van der Waals surface area contributed by atoms with E-state index in [2.05, 4.69) is 27.1 Å². The van der Waals surface area contributed by atoms with Crippen LogP contribution in [0, 0.1) is 6.92 Å². The number of nitrogens with zero attached hydrogens (tertiary/aromatic N) is 3. The maximum Gasteiger partial charge on any atom is 0.472 e. The molecule has 2 aromatic rings. The molecule has 2 fully saturated rings. The average Bonchev–Trinajstić information content (AvgIpc) is 3.38. The molecule has 4 heterocycles. The van der Waals surface area contributed by atoms with E-state index in [1.54, 1.807) is 0 Å². The van der Waals surface area contributed by atoms with Crippen molar-refractivity contribution in [3.63, 3.8) is 0 Å². The monoisotopic (exact) mass is 644 g/mol. The number of aryl methyl sites for hydroxylation is 1. The number of nitrogens with two attached hydrogens (primary N) is 1. The molecule has 2 aliphatic rings. The molecule has 2 aliphatic heterocycles. The van der Waals surface area contributed by atoms with Crippen molar-refractivity contribution in [2.75, 3.05) is 18.9 Å². The number of phosphoric acid groups is 2. The van der Waals surface area contributed by atoms with Crippen LogP contribution < -0.4 is 22.7 Å². The summed E-state index contributed by atoms with van der Waals surface area (Å²) in [7, 11) is -9.98. The van der Waals surface area contributed by atoms with Gasteiger partial charge in [0.05, 0.1) is 24.6 Å². The van der Waals surface area contributed by atoms with Crippen LogP contribution in [0.2, 0.25) is 0 Å². The molecule has 41 heavy (non-hydrogen) atoms. The van der Waals surface area contributed by atoms with E-state index in [0.717, 1.165) is 9.13 Å². The maximum atomic E-state index is 12.8. The Kier molecular flexibility index (Phi) is 9.44. The number of nitrogens with one attached hydrogen (secondary N) is 1. The number of thiol groups is 1. The van der Waals surface area contributed by atoms with E-state index < -0.39 is 87.9 Å². The van der Waals surface area contributed by atoms with Crippen molar-refractivity contribution in [3.05, 3.63) is 55.3 Å². The molecule has 0 bridgehead atoms. The molecule has 1 unspecified atom stereocenters. The van der Waals surface area contributed by atoms with Gasteiger partial charge in [0.1, 0.15) is 30.4 Å². The number of hydrogen-bond acceptors (Lipinski definition) is 14. The zero-order valence-corrected chi connectivity index (χ0v) is 23.7. The maximum absolute atomic E-state index is 12.8. The molecule has 0 saturated carbocycles. The van der Waals surface area contributed by atoms with Gasteiger partial charge < -0.3 is 35.0 Å². The molecule has 0 amide bonds. The Morgan fingerprint density at radius 3 is 2.49 bits per heavy atom. The molecular weight excluding hydrogens is 617 g/mol. The standard InChI is InChI=1S/C19H27N5O14P2S/c1-8-5-24(19(28)22-16(8)26)13-4-9(10(36-13)6-34-39(29,30)31)38-40(32,33)35-7-11-14(25)15(41)17(37-11)23-3-2-12(20)21-18(23)27/h2-3,5,9-11,13-15,17,25,41H,4,6-7H2,1H3,(H,32,33)(H2,20,21,27)(H,22,26,28)(H2,29,30,31)/t9-,10+,11+,13+,14+,15+,17+/m0/s1/i39+1. The van der Waals surface area contributed by atoms with Gasteiger partial charge in [0.25, 0.3) is 5.56 Å². The Bertz CT molecular complexity index is 1540. The van der Waals surface area contributed by atoms with E-state index in [9.17, 15) is 33.5 Å². The lowest BCUT2D eigenvalue weighted by molar-refractivity contribution is -0.0569. The van der Waals surface area contributed by atoms with Crippen molar-refractivity contribution >= 4 is 34.1 Å². The molecule has 0 spiro atoms. The fourth-order valence-corrected chi connectivity index (χ4v) is 5.90. The van der Waals surface area contributed by atoms with Crippen molar-refractivity contribution in [3.8, 4) is 0 Å². The van der Waals surface area contributed by atoms with Crippen molar-refractivity contribution in [1.29, 1.82) is 0 Å². The first-order valence-electron chi connectivity index (χ1n) is 11.7. The summed E-state index contributed by atoms with van der Waals surface area (Å²) in [6, 6.07) is 1.32. The molecular formula is C19H27N5O14P2S. The van der Waals surface area contributed by atoms with Gasteiger partial charge >= 0.3 is 27.0 Å². The van der Waals surface area contributed by atoms with Crippen LogP contribution in [0.1, 0.15) is 24.4 Å². The van der Waals surface area contributed by atoms with Crippen LogP contribution >= 0.6 is 28.3 Å². The number of ether oxygens (including phenoxy) is 2. The summed E-state index contributed by atoms with van der Waals surface area (Å²) < 4.78 is 51.9. The van der Waals surface area contributed by atoms with Gasteiger partial charge in [-0.2, -0.15) is 17.6 Å². The minimum atomic E-state index is -4.99. The van der Waals surface area contributed by atoms with Gasteiger partial charge in [-0.05, 0) is 13.0 Å². The lowest BCUT2D eigenvalue weighted by Gasteiger charge is -2.22. The minimum absolute atomic E-state index is 0.0399. The summed E-state index contributed by atoms with van der Waals surface area (Å²) in [4.78, 5) is 70.3. The van der Waals surface area contributed by atoms with E-state index in [0.29, 0.717) is 0 Å². The third-order valence-electron chi connectivity index (χ3n) is 6.18. The highest BCUT2D eigenvalue weighted by Gasteiger charge is 2.46. The molecule has 228 valence electrons. The summed E-state index contributed by atoms with van der Waals surface area (Å²) in [5.74, 6) is -0.0399. The van der Waals surface area contributed by atoms with Crippen molar-refractivity contribution < 1.29 is 52.0 Å². The second kappa shape index (κ2) is 12.2. The first-order valence-corrected chi connectivity index (χ1v) is 15.3. The molecule has 0 aliphatic carbocycles. The van der Waals surface area contributed by atoms with Gasteiger partial charge in [-0.1, -0.05) is 0 Å². The molecule has 19 nitrogen and oxygen atoms in total. The van der Waals surface area contributed by atoms with Crippen LogP contribution in [0.4, 0.5) is 5.82 Å². The number of anilines is 1. The summed E-state index contributed by atoms with van der Waals surface area (Å²) in [6.07, 6.45) is -5.56. The quantitative estimate of drug-likeness (QED) is 0.110. The molecule has 2 aromatic heterocycles. The first kappa shape index (κ1) is 31.7. The van der Waals surface area contributed by atoms with Crippen LogP contribution in [0.15, 0.2) is 32.8 Å². The number of rotatable bonds is 10. The Balaban J connectivity index is 1.45. The second-order valence-corrected chi connectivity index (χ2v) is 12.4. The molecule has 7 N–H and O–H groups in total. The molecule has 8 atom stereocenters. The summed E-state index contributed by atoms with van der Waals surface area (Å²) in [5, 5.41) is 9.54. The zero-order valence-electron chi connectivity index (χ0n) is 21.0. The Morgan fingerprint density at radius 1 is 1.15 bits per heavy atom. The molecule has 22 heteroatoms. The number of nitrogen functional groups attached to an aromatic ring is 1. The van der Waals surface area contributed by atoms with Crippen LogP contribution in [-0.4, -0.2) is 81.8 Å². The van der Waals surface area contributed by atoms with Crippen molar-refractivity contribution in [2.24, 2.45) is 0 Å². The Labute approximate surface area is 235 Å². The first-order chi connectivity index (χ1) is 19.0. The number of hydrogen-bond donors (Lipinski definition) is 7. The largest absolute Gasteiger partial charge is 0.472 e. The normalized spacial score (nSPS) is 30.0. The Hall–Kier alpha value is -2.19. The number of phosphoric ester groups is 2. The van der Waals surface area contributed by atoms with E-state index >= 15 is 0 Å². The average molecular weight is 644 g/mol. The molecule has 0 aromatic carbocycles. The van der Waals surface area contributed by atoms with Crippen molar-refractivity contribution in [2.45, 2.75) is 55.5 Å². The lowest BCUT2D eigenvalue weighted by atomic mass is 10.2. The SMILES string of the molecule is Cc1cn([C@H]2C[C@H](OP(=O)(O)OC[C@H]3O[C@@H](n4ccc(N)nc4=O)[C@H](S)[C@@H]3O)[C@@H](CO[32P](=O)(O)O)O2)c(=O)[nH]c1=O. The van der Waals surface area contributed by atoms with Gasteiger partial charge in [-0.25, -0.2) is 18.7 Å².